The quantitative estimate of drug-likeness (QED) is 0.607. The van der Waals surface area contributed by atoms with E-state index >= 15 is 0 Å². The number of morpholine rings is 1. The van der Waals surface area contributed by atoms with E-state index in [4.69, 9.17) is 9.47 Å². The summed E-state index contributed by atoms with van der Waals surface area (Å²) in [6.07, 6.45) is 1.70. The maximum absolute atomic E-state index is 9.74. The molecular weight excluding hydrogens is 318 g/mol. The summed E-state index contributed by atoms with van der Waals surface area (Å²) >= 11 is 0. The van der Waals surface area contributed by atoms with Crippen molar-refractivity contribution in [3.8, 4) is 11.8 Å². The molecule has 2 aliphatic heterocycles. The molecule has 1 aromatic carbocycles. The number of benzene rings is 1. The van der Waals surface area contributed by atoms with Crippen LogP contribution in [-0.2, 0) is 4.74 Å². The Labute approximate surface area is 149 Å². The Morgan fingerprint density at radius 1 is 1.36 bits per heavy atom. The number of methoxy groups -OCH3 is 1. The molecule has 0 radical (unpaired) electrons. The molecule has 1 spiro atoms. The smallest absolute Gasteiger partial charge is 0.143 e. The van der Waals surface area contributed by atoms with Gasteiger partial charge >= 0.3 is 0 Å². The lowest BCUT2D eigenvalue weighted by Crippen LogP contribution is -2.70. The van der Waals surface area contributed by atoms with Crippen molar-refractivity contribution in [3.05, 3.63) is 17.7 Å². The van der Waals surface area contributed by atoms with Gasteiger partial charge in [0.25, 0.3) is 0 Å². The zero-order chi connectivity index (χ0) is 18.0. The van der Waals surface area contributed by atoms with Crippen LogP contribution < -0.4 is 9.64 Å². The SMILES string of the molecule is COc1ccc(/N=C/N(C)C)c(C#N)c1N1CC2(CN(C)CCO2)C1. The largest absolute Gasteiger partial charge is 0.495 e. The molecule has 2 saturated heterocycles. The van der Waals surface area contributed by atoms with E-state index in [9.17, 15) is 5.26 Å². The summed E-state index contributed by atoms with van der Waals surface area (Å²) in [6.45, 7) is 4.13. The van der Waals surface area contributed by atoms with Crippen LogP contribution in [0.1, 0.15) is 5.56 Å². The van der Waals surface area contributed by atoms with Crippen molar-refractivity contribution >= 4 is 17.7 Å². The van der Waals surface area contributed by atoms with Gasteiger partial charge in [-0.25, -0.2) is 4.99 Å². The first kappa shape index (κ1) is 17.5. The van der Waals surface area contributed by atoms with Crippen molar-refractivity contribution < 1.29 is 9.47 Å². The van der Waals surface area contributed by atoms with Gasteiger partial charge in [-0.1, -0.05) is 0 Å². The average molecular weight is 343 g/mol. The number of ether oxygens (including phenoxy) is 2. The molecule has 0 N–H and O–H groups in total. The molecule has 0 unspecified atom stereocenters. The molecule has 2 fully saturated rings. The molecule has 2 aliphatic rings. The van der Waals surface area contributed by atoms with Crippen LogP contribution in [0.15, 0.2) is 17.1 Å². The number of nitriles is 1. The van der Waals surface area contributed by atoms with E-state index in [1.807, 2.05) is 31.1 Å². The molecule has 0 aliphatic carbocycles. The maximum atomic E-state index is 9.74. The van der Waals surface area contributed by atoms with Crippen molar-refractivity contribution in [2.24, 2.45) is 4.99 Å². The van der Waals surface area contributed by atoms with E-state index in [-0.39, 0.29) is 5.60 Å². The van der Waals surface area contributed by atoms with E-state index in [0.29, 0.717) is 17.0 Å². The van der Waals surface area contributed by atoms with Crippen LogP contribution in [0.3, 0.4) is 0 Å². The number of hydrogen-bond acceptors (Lipinski definition) is 6. The first-order valence-electron chi connectivity index (χ1n) is 8.37. The summed E-state index contributed by atoms with van der Waals surface area (Å²) in [5.41, 5.74) is 1.85. The number of likely N-dealkylation sites (N-methyl/N-ethyl adjacent to an activating group) is 1. The van der Waals surface area contributed by atoms with E-state index in [0.717, 1.165) is 38.5 Å². The zero-order valence-corrected chi connectivity index (χ0v) is 15.3. The second kappa shape index (κ2) is 6.90. The summed E-state index contributed by atoms with van der Waals surface area (Å²) in [5.74, 6) is 0.694. The van der Waals surface area contributed by atoms with Gasteiger partial charge in [0.05, 0.1) is 44.5 Å². The Balaban J connectivity index is 1.90. The van der Waals surface area contributed by atoms with Gasteiger partial charge in [-0.3, -0.25) is 0 Å². The molecular formula is C18H25N5O2. The number of nitrogens with zero attached hydrogens (tertiary/aromatic N) is 5. The molecule has 1 aromatic rings. The Kier molecular flexibility index (Phi) is 4.84. The lowest BCUT2D eigenvalue weighted by molar-refractivity contribution is -0.117. The first-order valence-corrected chi connectivity index (χ1v) is 8.37. The van der Waals surface area contributed by atoms with Crippen LogP contribution in [0.2, 0.25) is 0 Å². The number of rotatable bonds is 4. The molecule has 0 aromatic heterocycles. The van der Waals surface area contributed by atoms with Gasteiger partial charge in [-0.15, -0.1) is 0 Å². The predicted molar refractivity (Wildman–Crippen MR) is 97.9 cm³/mol. The van der Waals surface area contributed by atoms with E-state index < -0.39 is 0 Å². The fourth-order valence-corrected chi connectivity index (χ4v) is 3.47. The molecule has 2 heterocycles. The monoisotopic (exact) mass is 343 g/mol. The van der Waals surface area contributed by atoms with Crippen LogP contribution in [0.4, 0.5) is 11.4 Å². The fraction of sp³-hybridized carbons (Fsp3) is 0.556. The normalized spacial score (nSPS) is 19.7. The van der Waals surface area contributed by atoms with Gasteiger partial charge in [-0.2, -0.15) is 5.26 Å². The summed E-state index contributed by atoms with van der Waals surface area (Å²) in [6, 6.07) is 6.00. The van der Waals surface area contributed by atoms with Crippen molar-refractivity contribution in [2.75, 3.05) is 65.9 Å². The third-order valence-corrected chi connectivity index (χ3v) is 4.59. The van der Waals surface area contributed by atoms with Crippen molar-refractivity contribution in [1.29, 1.82) is 5.26 Å². The minimum Gasteiger partial charge on any atom is -0.495 e. The molecule has 7 heteroatoms. The van der Waals surface area contributed by atoms with Gasteiger partial charge in [0, 0.05) is 27.2 Å². The number of hydrogen-bond donors (Lipinski definition) is 0. The average Bonchev–Trinajstić information content (AvgIpc) is 2.56. The highest BCUT2D eigenvalue weighted by atomic mass is 16.5. The van der Waals surface area contributed by atoms with Gasteiger partial charge in [-0.05, 0) is 19.2 Å². The van der Waals surface area contributed by atoms with Gasteiger partial charge in [0.2, 0.25) is 0 Å². The second-order valence-electron chi connectivity index (χ2n) is 6.96. The molecule has 0 amide bonds. The minimum absolute atomic E-state index is 0.145. The van der Waals surface area contributed by atoms with Crippen molar-refractivity contribution in [3.63, 3.8) is 0 Å². The maximum Gasteiger partial charge on any atom is 0.143 e. The van der Waals surface area contributed by atoms with Crippen LogP contribution in [0.5, 0.6) is 5.75 Å². The summed E-state index contributed by atoms with van der Waals surface area (Å²) in [5, 5.41) is 9.74. The Hall–Kier alpha value is -2.30. The van der Waals surface area contributed by atoms with E-state index in [1.54, 1.807) is 13.4 Å². The third kappa shape index (κ3) is 3.41. The highest BCUT2D eigenvalue weighted by Gasteiger charge is 2.48. The minimum atomic E-state index is -0.145. The van der Waals surface area contributed by atoms with E-state index in [1.165, 1.54) is 0 Å². The topological polar surface area (TPSA) is 64.3 Å². The summed E-state index contributed by atoms with van der Waals surface area (Å²) in [4.78, 5) is 10.7. The van der Waals surface area contributed by atoms with Gasteiger partial charge < -0.3 is 24.2 Å². The summed E-state index contributed by atoms with van der Waals surface area (Å²) in [7, 11) is 7.54. The van der Waals surface area contributed by atoms with Gasteiger partial charge in [0.1, 0.15) is 23.0 Å². The third-order valence-electron chi connectivity index (χ3n) is 4.59. The molecule has 134 valence electrons. The molecule has 7 nitrogen and oxygen atoms in total. The molecule has 3 rings (SSSR count). The molecule has 0 bridgehead atoms. The number of anilines is 1. The lowest BCUT2D eigenvalue weighted by atomic mass is 9.90. The van der Waals surface area contributed by atoms with Crippen molar-refractivity contribution in [1.82, 2.24) is 9.80 Å². The first-order chi connectivity index (χ1) is 12.0. The lowest BCUT2D eigenvalue weighted by Gasteiger charge is -2.54. The number of aliphatic imine (C=N–C) groups is 1. The Bertz CT molecular complexity index is 704. The Morgan fingerprint density at radius 3 is 2.72 bits per heavy atom. The molecule has 0 atom stereocenters. The zero-order valence-electron chi connectivity index (χ0n) is 15.3. The Morgan fingerprint density at radius 2 is 2.12 bits per heavy atom. The highest BCUT2D eigenvalue weighted by molar-refractivity contribution is 5.79. The van der Waals surface area contributed by atoms with Gasteiger partial charge in [0.15, 0.2) is 0 Å². The standard InChI is InChI=1S/C18H25N5O2/c1-21(2)13-20-15-5-6-16(24-4)17(14(15)9-19)23-11-18(12-23)10-22(3)7-8-25-18/h5-6,13H,7-8,10-12H2,1-4H3/b20-13+. The molecule has 0 saturated carbocycles. The second-order valence-corrected chi connectivity index (χ2v) is 6.96. The van der Waals surface area contributed by atoms with Crippen LogP contribution >= 0.6 is 0 Å². The van der Waals surface area contributed by atoms with Crippen LogP contribution in [-0.4, -0.2) is 82.8 Å². The van der Waals surface area contributed by atoms with Crippen LogP contribution in [0, 0.1) is 11.3 Å². The van der Waals surface area contributed by atoms with Crippen LogP contribution in [0.25, 0.3) is 0 Å². The van der Waals surface area contributed by atoms with E-state index in [2.05, 4.69) is 27.9 Å². The fourth-order valence-electron chi connectivity index (χ4n) is 3.47. The predicted octanol–water partition coefficient (Wildman–Crippen LogP) is 1.31. The van der Waals surface area contributed by atoms with Crippen molar-refractivity contribution in [2.45, 2.75) is 5.60 Å². The highest BCUT2D eigenvalue weighted by Crippen LogP contribution is 2.43. The molecule has 25 heavy (non-hydrogen) atoms. The summed E-state index contributed by atoms with van der Waals surface area (Å²) < 4.78 is 11.6.